The van der Waals surface area contributed by atoms with Crippen molar-refractivity contribution in [2.45, 2.75) is 24.9 Å². The van der Waals surface area contributed by atoms with E-state index in [-0.39, 0.29) is 29.4 Å². The van der Waals surface area contributed by atoms with Gasteiger partial charge in [0.15, 0.2) is 0 Å². The Hall–Kier alpha value is -4.15. The topological polar surface area (TPSA) is 116 Å². The second kappa shape index (κ2) is 9.38. The predicted octanol–water partition coefficient (Wildman–Crippen LogP) is 3.32. The summed E-state index contributed by atoms with van der Waals surface area (Å²) in [7, 11) is 0. The van der Waals surface area contributed by atoms with Gasteiger partial charge in [-0.25, -0.2) is 0 Å². The van der Waals surface area contributed by atoms with Gasteiger partial charge in [-0.3, -0.25) is 19.4 Å². The summed E-state index contributed by atoms with van der Waals surface area (Å²) < 4.78 is 38.9. The molecule has 0 saturated carbocycles. The van der Waals surface area contributed by atoms with E-state index in [0.717, 1.165) is 17.7 Å². The molecule has 0 aliphatic carbocycles. The molecule has 0 fully saturated rings. The summed E-state index contributed by atoms with van der Waals surface area (Å²) in [6.07, 6.45) is -4.19. The molecule has 8 nitrogen and oxygen atoms in total. The molecule has 2 aromatic carbocycles. The minimum atomic E-state index is -4.54. The lowest BCUT2D eigenvalue weighted by molar-refractivity contribution is -0.137. The van der Waals surface area contributed by atoms with Crippen LogP contribution in [0.2, 0.25) is 0 Å². The van der Waals surface area contributed by atoms with Gasteiger partial charge in [0.2, 0.25) is 17.8 Å². The van der Waals surface area contributed by atoms with Gasteiger partial charge in [-0.05, 0) is 30.2 Å². The number of carbonyl (C=O) groups is 2. The van der Waals surface area contributed by atoms with E-state index in [1.807, 2.05) is 30.3 Å². The Morgan fingerprint density at radius 3 is 2.59 bits per heavy atom. The highest BCUT2D eigenvalue weighted by Gasteiger charge is 2.35. The minimum Gasteiger partial charge on any atom is -0.355 e. The highest BCUT2D eigenvalue weighted by atomic mass is 19.4. The number of carbonyl (C=O) groups excluding carboxylic acids is 2. The lowest BCUT2D eigenvalue weighted by Crippen LogP contribution is -2.39. The molecule has 4 N–H and O–H groups in total. The summed E-state index contributed by atoms with van der Waals surface area (Å²) >= 11 is 0. The third-order valence-corrected chi connectivity index (χ3v) is 5.28. The van der Waals surface area contributed by atoms with E-state index in [9.17, 15) is 27.6 Å². The molecular formula is C23H20F3N5O3. The maximum absolute atomic E-state index is 13.0. The number of benzene rings is 2. The lowest BCUT2D eigenvalue weighted by atomic mass is 9.92. The molecule has 1 aliphatic rings. The first-order chi connectivity index (χ1) is 16.2. The van der Waals surface area contributed by atoms with Gasteiger partial charge in [-0.15, -0.1) is 0 Å². The van der Waals surface area contributed by atoms with Crippen molar-refractivity contribution in [3.05, 3.63) is 81.6 Å². The Labute approximate surface area is 191 Å². The number of hydrogen-bond donors (Lipinski definition) is 4. The molecule has 2 amide bonds. The van der Waals surface area contributed by atoms with Crippen LogP contribution in [0.15, 0.2) is 59.4 Å². The molecule has 1 aliphatic heterocycles. The molecule has 1 atom stereocenters. The van der Waals surface area contributed by atoms with Gasteiger partial charge < -0.3 is 16.0 Å². The summed E-state index contributed by atoms with van der Waals surface area (Å²) in [6.45, 7) is 0.316. The molecule has 176 valence electrons. The number of hydrogen-bond acceptors (Lipinski definition) is 5. The molecule has 0 spiro atoms. The van der Waals surface area contributed by atoms with Gasteiger partial charge in [-0.2, -0.15) is 18.2 Å². The number of aromatic nitrogens is 2. The number of nitrogens with zero attached hydrogens (tertiary/aromatic N) is 1. The molecule has 0 saturated heterocycles. The molecule has 0 radical (unpaired) electrons. The zero-order valence-corrected chi connectivity index (χ0v) is 17.7. The average Bonchev–Trinajstić information content (AvgIpc) is 2.78. The van der Waals surface area contributed by atoms with Crippen LogP contribution in [0.5, 0.6) is 0 Å². The van der Waals surface area contributed by atoms with Crippen molar-refractivity contribution in [3.63, 3.8) is 0 Å². The van der Waals surface area contributed by atoms with Crippen molar-refractivity contribution in [1.29, 1.82) is 0 Å². The summed E-state index contributed by atoms with van der Waals surface area (Å²) in [5, 5.41) is 7.80. The van der Waals surface area contributed by atoms with Gasteiger partial charge in [0, 0.05) is 18.7 Å². The van der Waals surface area contributed by atoms with Crippen molar-refractivity contribution in [3.8, 4) is 0 Å². The summed E-state index contributed by atoms with van der Waals surface area (Å²) in [5.41, 5.74) is -0.503. The van der Waals surface area contributed by atoms with Crippen molar-refractivity contribution in [2.24, 2.45) is 0 Å². The Balaban J connectivity index is 1.53. The molecule has 1 unspecified atom stereocenters. The monoisotopic (exact) mass is 471 g/mol. The first-order valence-electron chi connectivity index (χ1n) is 10.4. The van der Waals surface area contributed by atoms with Crippen molar-refractivity contribution in [1.82, 2.24) is 15.3 Å². The molecule has 34 heavy (non-hydrogen) atoms. The quantitative estimate of drug-likeness (QED) is 0.440. The molecular weight excluding hydrogens is 451 g/mol. The largest absolute Gasteiger partial charge is 0.416 e. The second-order valence-corrected chi connectivity index (χ2v) is 7.71. The normalized spacial score (nSPS) is 15.3. The molecule has 0 bridgehead atoms. The zero-order chi connectivity index (χ0) is 24.3. The van der Waals surface area contributed by atoms with Crippen LogP contribution in [0.1, 0.15) is 29.0 Å². The second-order valence-electron chi connectivity index (χ2n) is 7.71. The van der Waals surface area contributed by atoms with Crippen molar-refractivity contribution in [2.75, 3.05) is 17.2 Å². The molecule has 4 rings (SSSR count). The van der Waals surface area contributed by atoms with E-state index in [0.29, 0.717) is 13.0 Å². The van der Waals surface area contributed by atoms with Crippen molar-refractivity contribution < 1.29 is 22.8 Å². The smallest absolute Gasteiger partial charge is 0.355 e. The maximum atomic E-state index is 13.0. The number of fused-ring (bicyclic) bond motifs is 1. The number of amides is 2. The van der Waals surface area contributed by atoms with Gasteiger partial charge in [0.25, 0.3) is 5.56 Å². The van der Waals surface area contributed by atoms with E-state index < -0.39 is 35.0 Å². The van der Waals surface area contributed by atoms with Crippen LogP contribution in [0.3, 0.4) is 0 Å². The molecule has 3 aromatic rings. The number of aromatic amines is 1. The lowest BCUT2D eigenvalue weighted by Gasteiger charge is -2.23. The molecule has 2 heterocycles. The van der Waals surface area contributed by atoms with Crippen LogP contribution in [0.4, 0.5) is 30.6 Å². The zero-order valence-electron chi connectivity index (χ0n) is 17.7. The van der Waals surface area contributed by atoms with E-state index in [1.54, 1.807) is 0 Å². The third-order valence-electron chi connectivity index (χ3n) is 5.28. The van der Waals surface area contributed by atoms with Crippen LogP contribution in [-0.4, -0.2) is 28.3 Å². The number of halogens is 3. The Morgan fingerprint density at radius 2 is 1.85 bits per heavy atom. The molecule has 1 aromatic heterocycles. The van der Waals surface area contributed by atoms with E-state index in [4.69, 9.17) is 0 Å². The SMILES string of the molecule is O=C1CC(C(=O)NCCc2ccccc2)c2c(nc(Nc3cccc(C(F)(F)F)c3)[nH]c2=O)N1. The fourth-order valence-electron chi connectivity index (χ4n) is 3.66. The third kappa shape index (κ3) is 5.25. The van der Waals surface area contributed by atoms with Gasteiger partial charge >= 0.3 is 6.18 Å². The van der Waals surface area contributed by atoms with Crippen LogP contribution in [-0.2, 0) is 22.2 Å². The predicted molar refractivity (Wildman–Crippen MR) is 119 cm³/mol. The van der Waals surface area contributed by atoms with Gasteiger partial charge in [0.05, 0.1) is 17.0 Å². The number of nitrogens with one attached hydrogen (secondary N) is 4. The van der Waals surface area contributed by atoms with Crippen LogP contribution in [0, 0.1) is 0 Å². The fourth-order valence-corrected chi connectivity index (χ4v) is 3.66. The highest BCUT2D eigenvalue weighted by molar-refractivity contribution is 6.00. The van der Waals surface area contributed by atoms with Crippen LogP contribution < -0.4 is 21.5 Å². The Morgan fingerprint density at radius 1 is 1.09 bits per heavy atom. The maximum Gasteiger partial charge on any atom is 0.416 e. The van der Waals surface area contributed by atoms with E-state index >= 15 is 0 Å². The highest BCUT2D eigenvalue weighted by Crippen LogP contribution is 2.32. The Kier molecular flexibility index (Phi) is 6.35. The van der Waals surface area contributed by atoms with Gasteiger partial charge in [0.1, 0.15) is 5.82 Å². The Bertz CT molecular complexity index is 1270. The van der Waals surface area contributed by atoms with Crippen LogP contribution in [0.25, 0.3) is 0 Å². The summed E-state index contributed by atoms with van der Waals surface area (Å²) in [5.74, 6) is -2.32. The van der Waals surface area contributed by atoms with Crippen LogP contribution >= 0.6 is 0 Å². The first kappa shape index (κ1) is 23.0. The van der Waals surface area contributed by atoms with Gasteiger partial charge in [-0.1, -0.05) is 36.4 Å². The van der Waals surface area contributed by atoms with E-state index in [1.165, 1.54) is 12.1 Å². The number of rotatable bonds is 6. The number of alkyl halides is 3. The number of H-pyrrole nitrogens is 1. The fraction of sp³-hybridized carbons (Fsp3) is 0.217. The first-order valence-corrected chi connectivity index (χ1v) is 10.4. The summed E-state index contributed by atoms with van der Waals surface area (Å²) in [4.78, 5) is 44.3. The standard InChI is InChI=1S/C23H20F3N5O3/c24-23(25,26)14-7-4-8-15(11-14)28-22-30-19-18(21(34)31-22)16(12-17(32)29-19)20(33)27-10-9-13-5-2-1-3-6-13/h1-8,11,16H,9-10,12H2,(H,27,33)(H3,28,29,30,31,32,34). The number of anilines is 3. The molecule has 11 heteroatoms. The average molecular weight is 471 g/mol. The van der Waals surface area contributed by atoms with E-state index in [2.05, 4.69) is 25.9 Å². The minimum absolute atomic E-state index is 0.00796. The van der Waals surface area contributed by atoms with Crippen molar-refractivity contribution >= 4 is 29.3 Å². The summed E-state index contributed by atoms with van der Waals surface area (Å²) in [6, 6.07) is 13.8.